The Labute approximate surface area is 103 Å². The van der Waals surface area contributed by atoms with E-state index in [9.17, 15) is 4.79 Å². The monoisotopic (exact) mass is 231 g/mol. The Morgan fingerprint density at radius 3 is 2.65 bits per heavy atom. The van der Waals surface area contributed by atoms with Gasteiger partial charge in [0.1, 0.15) is 0 Å². The van der Waals surface area contributed by atoms with E-state index in [1.54, 1.807) is 0 Å². The van der Waals surface area contributed by atoms with Crippen LogP contribution in [0, 0.1) is 5.92 Å². The molecule has 1 N–H and O–H groups in total. The lowest BCUT2D eigenvalue weighted by Crippen LogP contribution is -2.41. The molecule has 1 amide bonds. The van der Waals surface area contributed by atoms with E-state index in [0.29, 0.717) is 12.0 Å². The van der Waals surface area contributed by atoms with Gasteiger partial charge in [0, 0.05) is 11.6 Å². The predicted molar refractivity (Wildman–Crippen MR) is 69.9 cm³/mol. The third-order valence-corrected chi connectivity index (χ3v) is 3.79. The lowest BCUT2D eigenvalue weighted by Gasteiger charge is -2.31. The normalized spacial score (nSPS) is 24.3. The maximum absolute atomic E-state index is 12.1. The Morgan fingerprint density at radius 2 is 1.94 bits per heavy atom. The standard InChI is InChI=1S/C15H21NO/c1-2-12-8-6-7-11-14(12)16-15(17)13-9-4-3-5-10-13/h3-5,9-10,12,14H,2,6-8,11H2,1H3,(H,16,17). The van der Waals surface area contributed by atoms with E-state index in [4.69, 9.17) is 0 Å². The van der Waals surface area contributed by atoms with Crippen molar-refractivity contribution in [1.29, 1.82) is 0 Å². The van der Waals surface area contributed by atoms with Crippen molar-refractivity contribution in [2.45, 2.75) is 45.1 Å². The van der Waals surface area contributed by atoms with E-state index in [2.05, 4.69) is 12.2 Å². The summed E-state index contributed by atoms with van der Waals surface area (Å²) in [4.78, 5) is 12.1. The Bertz CT molecular complexity index is 360. The first kappa shape index (κ1) is 12.2. The average Bonchev–Trinajstić information content (AvgIpc) is 2.40. The van der Waals surface area contributed by atoms with Gasteiger partial charge in [-0.05, 0) is 30.9 Å². The van der Waals surface area contributed by atoms with Crippen molar-refractivity contribution in [2.75, 3.05) is 0 Å². The van der Waals surface area contributed by atoms with Gasteiger partial charge in [0.15, 0.2) is 0 Å². The fraction of sp³-hybridized carbons (Fsp3) is 0.533. The zero-order valence-electron chi connectivity index (χ0n) is 10.5. The zero-order valence-corrected chi connectivity index (χ0v) is 10.5. The molecule has 92 valence electrons. The summed E-state index contributed by atoms with van der Waals surface area (Å²) in [5, 5.41) is 3.20. The second-order valence-corrected chi connectivity index (χ2v) is 4.90. The number of hydrogen-bond acceptors (Lipinski definition) is 1. The van der Waals surface area contributed by atoms with Crippen molar-refractivity contribution in [3.8, 4) is 0 Å². The largest absolute Gasteiger partial charge is 0.349 e. The molecule has 0 aromatic heterocycles. The molecular formula is C15H21NO. The van der Waals surface area contributed by atoms with Crippen LogP contribution in [0.3, 0.4) is 0 Å². The summed E-state index contributed by atoms with van der Waals surface area (Å²) < 4.78 is 0. The Hall–Kier alpha value is -1.31. The van der Waals surface area contributed by atoms with Gasteiger partial charge in [0.05, 0.1) is 0 Å². The summed E-state index contributed by atoms with van der Waals surface area (Å²) in [6.45, 7) is 2.22. The summed E-state index contributed by atoms with van der Waals surface area (Å²) in [6.07, 6.45) is 6.12. The Morgan fingerprint density at radius 1 is 1.24 bits per heavy atom. The van der Waals surface area contributed by atoms with Gasteiger partial charge in [-0.1, -0.05) is 44.4 Å². The van der Waals surface area contributed by atoms with Crippen molar-refractivity contribution in [3.63, 3.8) is 0 Å². The van der Waals surface area contributed by atoms with Crippen LogP contribution in [0.25, 0.3) is 0 Å². The number of nitrogens with one attached hydrogen (secondary N) is 1. The quantitative estimate of drug-likeness (QED) is 0.849. The smallest absolute Gasteiger partial charge is 0.251 e. The number of carbonyl (C=O) groups excluding carboxylic acids is 1. The highest BCUT2D eigenvalue weighted by Gasteiger charge is 2.25. The molecule has 1 aliphatic carbocycles. The fourth-order valence-corrected chi connectivity index (χ4v) is 2.73. The topological polar surface area (TPSA) is 29.1 Å². The molecule has 2 heteroatoms. The van der Waals surface area contributed by atoms with Crippen molar-refractivity contribution < 1.29 is 4.79 Å². The summed E-state index contributed by atoms with van der Waals surface area (Å²) >= 11 is 0. The molecule has 1 fully saturated rings. The molecule has 1 saturated carbocycles. The molecule has 0 heterocycles. The van der Waals surface area contributed by atoms with Crippen molar-refractivity contribution in [3.05, 3.63) is 35.9 Å². The maximum atomic E-state index is 12.1. The van der Waals surface area contributed by atoms with Crippen molar-refractivity contribution in [2.24, 2.45) is 5.92 Å². The van der Waals surface area contributed by atoms with Crippen LogP contribution in [0.4, 0.5) is 0 Å². The lowest BCUT2D eigenvalue weighted by molar-refractivity contribution is 0.0904. The molecule has 0 spiro atoms. The first-order valence-corrected chi connectivity index (χ1v) is 6.67. The van der Waals surface area contributed by atoms with E-state index < -0.39 is 0 Å². The van der Waals surface area contributed by atoms with Gasteiger partial charge in [-0.3, -0.25) is 4.79 Å². The molecule has 17 heavy (non-hydrogen) atoms. The Kier molecular flexibility index (Phi) is 4.18. The highest BCUT2D eigenvalue weighted by molar-refractivity contribution is 5.94. The SMILES string of the molecule is CCC1CCCCC1NC(=O)c1ccccc1. The average molecular weight is 231 g/mol. The first-order chi connectivity index (χ1) is 8.31. The van der Waals surface area contributed by atoms with Crippen molar-refractivity contribution in [1.82, 2.24) is 5.32 Å². The third-order valence-electron chi connectivity index (χ3n) is 3.79. The summed E-state index contributed by atoms with van der Waals surface area (Å²) in [6, 6.07) is 9.88. The zero-order chi connectivity index (χ0) is 12.1. The molecule has 0 radical (unpaired) electrons. The van der Waals surface area contributed by atoms with Gasteiger partial charge in [-0.25, -0.2) is 0 Å². The van der Waals surface area contributed by atoms with Gasteiger partial charge in [0.2, 0.25) is 0 Å². The second-order valence-electron chi connectivity index (χ2n) is 4.90. The molecular weight excluding hydrogens is 210 g/mol. The van der Waals surface area contributed by atoms with E-state index in [0.717, 1.165) is 12.0 Å². The first-order valence-electron chi connectivity index (χ1n) is 6.67. The number of benzene rings is 1. The van der Waals surface area contributed by atoms with Crippen LogP contribution < -0.4 is 5.32 Å². The minimum absolute atomic E-state index is 0.0796. The van der Waals surface area contributed by atoms with Crippen LogP contribution in [0.2, 0.25) is 0 Å². The van der Waals surface area contributed by atoms with Crippen LogP contribution in [0.1, 0.15) is 49.4 Å². The number of amides is 1. The molecule has 0 saturated heterocycles. The van der Waals surface area contributed by atoms with Gasteiger partial charge >= 0.3 is 0 Å². The molecule has 2 nitrogen and oxygen atoms in total. The molecule has 2 atom stereocenters. The number of hydrogen-bond donors (Lipinski definition) is 1. The summed E-state index contributed by atoms with van der Waals surface area (Å²) in [7, 11) is 0. The highest BCUT2D eigenvalue weighted by Crippen LogP contribution is 2.26. The summed E-state index contributed by atoms with van der Waals surface area (Å²) in [5.41, 5.74) is 0.771. The fourth-order valence-electron chi connectivity index (χ4n) is 2.73. The van der Waals surface area contributed by atoms with Gasteiger partial charge in [0.25, 0.3) is 5.91 Å². The van der Waals surface area contributed by atoms with E-state index >= 15 is 0 Å². The maximum Gasteiger partial charge on any atom is 0.251 e. The van der Waals surface area contributed by atoms with Gasteiger partial charge in [-0.2, -0.15) is 0 Å². The molecule has 1 aromatic carbocycles. The van der Waals surface area contributed by atoms with Crippen LogP contribution >= 0.6 is 0 Å². The van der Waals surface area contributed by atoms with Crippen LogP contribution in [0.5, 0.6) is 0 Å². The molecule has 1 aliphatic rings. The van der Waals surface area contributed by atoms with Crippen LogP contribution in [-0.2, 0) is 0 Å². The minimum atomic E-state index is 0.0796. The second kappa shape index (κ2) is 5.85. The van der Waals surface area contributed by atoms with Crippen LogP contribution in [0.15, 0.2) is 30.3 Å². The molecule has 0 bridgehead atoms. The summed E-state index contributed by atoms with van der Waals surface area (Å²) in [5.74, 6) is 0.743. The Balaban J connectivity index is 1.98. The highest BCUT2D eigenvalue weighted by atomic mass is 16.1. The molecule has 0 aliphatic heterocycles. The number of carbonyl (C=O) groups is 1. The molecule has 2 rings (SSSR count). The molecule has 1 aromatic rings. The van der Waals surface area contributed by atoms with Gasteiger partial charge in [-0.15, -0.1) is 0 Å². The number of rotatable bonds is 3. The van der Waals surface area contributed by atoms with E-state index in [1.807, 2.05) is 30.3 Å². The molecule has 2 unspecified atom stereocenters. The van der Waals surface area contributed by atoms with Crippen LogP contribution in [-0.4, -0.2) is 11.9 Å². The lowest BCUT2D eigenvalue weighted by atomic mass is 9.83. The predicted octanol–water partition coefficient (Wildman–Crippen LogP) is 3.39. The van der Waals surface area contributed by atoms with E-state index in [-0.39, 0.29) is 5.91 Å². The minimum Gasteiger partial charge on any atom is -0.349 e. The third kappa shape index (κ3) is 3.09. The van der Waals surface area contributed by atoms with E-state index in [1.165, 1.54) is 25.7 Å². The van der Waals surface area contributed by atoms with Gasteiger partial charge < -0.3 is 5.32 Å². The van der Waals surface area contributed by atoms with Crippen molar-refractivity contribution >= 4 is 5.91 Å².